The van der Waals surface area contributed by atoms with Crippen molar-refractivity contribution in [3.63, 3.8) is 0 Å². The Balaban J connectivity index is 0. The van der Waals surface area contributed by atoms with E-state index in [9.17, 15) is 4.79 Å². The molecule has 5 nitrogen and oxygen atoms in total. The van der Waals surface area contributed by atoms with Crippen LogP contribution >= 0.6 is 0 Å². The molecule has 136 valence electrons. The van der Waals surface area contributed by atoms with Crippen LogP contribution in [0, 0.1) is 6.92 Å². The number of carbonyl (C=O) groups is 1. The highest BCUT2D eigenvalue weighted by Gasteiger charge is 2.24. The van der Waals surface area contributed by atoms with Crippen molar-refractivity contribution >= 4 is 5.91 Å². The fourth-order valence-electron chi connectivity index (χ4n) is 1.66. The van der Waals surface area contributed by atoms with Gasteiger partial charge in [-0.15, -0.1) is 0 Å². The summed E-state index contributed by atoms with van der Waals surface area (Å²) in [5, 5.41) is 5.09. The van der Waals surface area contributed by atoms with Crippen molar-refractivity contribution < 1.29 is 14.2 Å². The maximum absolute atomic E-state index is 12.2. The van der Waals surface area contributed by atoms with Gasteiger partial charge in [-0.25, -0.2) is 5.06 Å². The van der Waals surface area contributed by atoms with E-state index >= 15 is 0 Å². The lowest BCUT2D eigenvalue weighted by molar-refractivity contribution is -0.0757. The van der Waals surface area contributed by atoms with E-state index in [-0.39, 0.29) is 5.91 Å². The smallest absolute Gasteiger partial charge is 0.283 e. The summed E-state index contributed by atoms with van der Waals surface area (Å²) in [6.45, 7) is 13.7. The standard InChI is InChI=1S/C13H14N2O3.3C2H6/c1-9-11(13(16)15(2)17-3)12(14-18-9)10-7-5-4-6-8-10;3*1-2/h4-8H,1-3H3;3*1-2H3. The SMILES string of the molecule is CC.CC.CC.CON(C)C(=O)c1c(-c2ccccc2)noc1C. The average Bonchev–Trinajstić information content (AvgIpc) is 3.07. The molecular formula is C19H32N2O3. The highest BCUT2D eigenvalue weighted by molar-refractivity contribution is 6.00. The lowest BCUT2D eigenvalue weighted by atomic mass is 10.1. The highest BCUT2D eigenvalue weighted by Crippen LogP contribution is 2.25. The molecule has 0 aliphatic heterocycles. The molecule has 0 saturated heterocycles. The summed E-state index contributed by atoms with van der Waals surface area (Å²) in [7, 11) is 2.98. The maximum Gasteiger partial charge on any atom is 0.283 e. The number of benzene rings is 1. The molecule has 0 atom stereocenters. The van der Waals surface area contributed by atoms with Gasteiger partial charge in [0.2, 0.25) is 0 Å². The quantitative estimate of drug-likeness (QED) is 0.708. The number of hydroxylamine groups is 2. The molecular weight excluding hydrogens is 304 g/mol. The number of nitrogens with zero attached hydrogens (tertiary/aromatic N) is 2. The molecule has 2 rings (SSSR count). The number of amides is 1. The first-order chi connectivity index (χ1) is 11.6. The highest BCUT2D eigenvalue weighted by atomic mass is 16.7. The summed E-state index contributed by atoms with van der Waals surface area (Å²) in [6.07, 6.45) is 0. The maximum atomic E-state index is 12.2. The van der Waals surface area contributed by atoms with E-state index in [1.807, 2.05) is 71.9 Å². The second-order valence-electron chi connectivity index (χ2n) is 3.81. The summed E-state index contributed by atoms with van der Waals surface area (Å²) in [4.78, 5) is 17.0. The summed E-state index contributed by atoms with van der Waals surface area (Å²) < 4.78 is 5.11. The summed E-state index contributed by atoms with van der Waals surface area (Å²) in [5.74, 6) is 0.192. The number of hydrogen-bond donors (Lipinski definition) is 0. The first kappa shape index (κ1) is 24.1. The Morgan fingerprint density at radius 2 is 1.54 bits per heavy atom. The largest absolute Gasteiger partial charge is 0.360 e. The Kier molecular flexibility index (Phi) is 14.5. The monoisotopic (exact) mass is 336 g/mol. The number of rotatable bonds is 3. The first-order valence-electron chi connectivity index (χ1n) is 8.49. The van der Waals surface area contributed by atoms with E-state index in [4.69, 9.17) is 9.36 Å². The molecule has 0 radical (unpaired) electrons. The average molecular weight is 336 g/mol. The molecule has 1 aromatic carbocycles. The van der Waals surface area contributed by atoms with Crippen LogP contribution in [-0.2, 0) is 4.84 Å². The van der Waals surface area contributed by atoms with Crippen LogP contribution < -0.4 is 0 Å². The number of carbonyl (C=O) groups excluding carboxylic acids is 1. The van der Waals surface area contributed by atoms with E-state index < -0.39 is 0 Å². The van der Waals surface area contributed by atoms with Gasteiger partial charge in [0.1, 0.15) is 17.0 Å². The molecule has 0 aliphatic carbocycles. The van der Waals surface area contributed by atoms with Gasteiger partial charge in [0, 0.05) is 12.6 Å². The zero-order valence-electron chi connectivity index (χ0n) is 16.5. The Morgan fingerprint density at radius 1 is 1.04 bits per heavy atom. The second kappa shape index (κ2) is 14.5. The number of aryl methyl sites for hydroxylation is 1. The minimum Gasteiger partial charge on any atom is -0.360 e. The van der Waals surface area contributed by atoms with Crippen LogP contribution in [0.1, 0.15) is 57.7 Å². The van der Waals surface area contributed by atoms with Crippen LogP contribution in [0.3, 0.4) is 0 Å². The normalized spacial score (nSPS) is 8.54. The zero-order valence-corrected chi connectivity index (χ0v) is 16.5. The van der Waals surface area contributed by atoms with Gasteiger partial charge in [-0.3, -0.25) is 9.63 Å². The third-order valence-electron chi connectivity index (χ3n) is 2.68. The van der Waals surface area contributed by atoms with E-state index in [2.05, 4.69) is 5.16 Å². The van der Waals surface area contributed by atoms with Crippen molar-refractivity contribution in [1.29, 1.82) is 0 Å². The lowest BCUT2D eigenvalue weighted by Crippen LogP contribution is -2.26. The number of aromatic nitrogens is 1. The van der Waals surface area contributed by atoms with Crippen LogP contribution in [0.25, 0.3) is 11.3 Å². The molecule has 0 fully saturated rings. The lowest BCUT2D eigenvalue weighted by Gasteiger charge is -2.13. The van der Waals surface area contributed by atoms with Gasteiger partial charge in [0.15, 0.2) is 0 Å². The summed E-state index contributed by atoms with van der Waals surface area (Å²) >= 11 is 0. The Bertz CT molecular complexity index is 551. The van der Waals surface area contributed by atoms with Gasteiger partial charge in [-0.2, -0.15) is 0 Å². The van der Waals surface area contributed by atoms with Crippen LogP contribution in [0.5, 0.6) is 0 Å². The van der Waals surface area contributed by atoms with Crippen molar-refractivity contribution in [3.05, 3.63) is 41.7 Å². The van der Waals surface area contributed by atoms with E-state index in [1.165, 1.54) is 7.11 Å². The topological polar surface area (TPSA) is 55.6 Å². The van der Waals surface area contributed by atoms with Gasteiger partial charge < -0.3 is 4.52 Å². The molecule has 0 aliphatic rings. The molecule has 1 amide bonds. The Hall–Kier alpha value is -2.14. The van der Waals surface area contributed by atoms with E-state index in [0.717, 1.165) is 10.6 Å². The molecule has 0 N–H and O–H groups in total. The molecule has 0 bridgehead atoms. The van der Waals surface area contributed by atoms with E-state index in [0.29, 0.717) is 17.0 Å². The minimum atomic E-state index is -0.282. The van der Waals surface area contributed by atoms with Crippen molar-refractivity contribution in [1.82, 2.24) is 10.2 Å². The van der Waals surface area contributed by atoms with Crippen molar-refractivity contribution in [2.45, 2.75) is 48.5 Å². The molecule has 2 aromatic rings. The predicted octanol–water partition coefficient (Wildman–Crippen LogP) is 5.36. The molecule has 5 heteroatoms. The van der Waals surface area contributed by atoms with Gasteiger partial charge in [0.25, 0.3) is 5.91 Å². The van der Waals surface area contributed by atoms with Crippen molar-refractivity contribution in [3.8, 4) is 11.3 Å². The predicted molar refractivity (Wildman–Crippen MR) is 99.8 cm³/mol. The molecule has 1 aromatic heterocycles. The molecule has 0 saturated carbocycles. The van der Waals surface area contributed by atoms with Crippen LogP contribution in [0.15, 0.2) is 34.9 Å². The molecule has 24 heavy (non-hydrogen) atoms. The second-order valence-corrected chi connectivity index (χ2v) is 3.81. The summed E-state index contributed by atoms with van der Waals surface area (Å²) in [6, 6.07) is 9.42. The first-order valence-corrected chi connectivity index (χ1v) is 8.49. The zero-order chi connectivity index (χ0) is 19.1. The van der Waals surface area contributed by atoms with Gasteiger partial charge in [-0.05, 0) is 6.92 Å². The molecule has 0 unspecified atom stereocenters. The number of hydrogen-bond acceptors (Lipinski definition) is 4. The molecule has 1 heterocycles. The fraction of sp³-hybridized carbons (Fsp3) is 0.474. The fourth-order valence-corrected chi connectivity index (χ4v) is 1.66. The Morgan fingerprint density at radius 3 is 2.00 bits per heavy atom. The van der Waals surface area contributed by atoms with Crippen LogP contribution in [-0.4, -0.2) is 30.3 Å². The van der Waals surface area contributed by atoms with Crippen LogP contribution in [0.2, 0.25) is 0 Å². The van der Waals surface area contributed by atoms with Crippen LogP contribution in [0.4, 0.5) is 0 Å². The van der Waals surface area contributed by atoms with Gasteiger partial charge >= 0.3 is 0 Å². The summed E-state index contributed by atoms with van der Waals surface area (Å²) in [5.41, 5.74) is 1.79. The minimum absolute atomic E-state index is 0.282. The van der Waals surface area contributed by atoms with E-state index in [1.54, 1.807) is 14.0 Å². The van der Waals surface area contributed by atoms with Crippen molar-refractivity contribution in [2.24, 2.45) is 0 Å². The third kappa shape index (κ3) is 6.54. The third-order valence-corrected chi connectivity index (χ3v) is 2.68. The van der Waals surface area contributed by atoms with Gasteiger partial charge in [0.05, 0.1) is 7.11 Å². The Labute approximate surface area is 146 Å². The van der Waals surface area contributed by atoms with Crippen molar-refractivity contribution in [2.75, 3.05) is 14.2 Å². The molecule has 0 spiro atoms. The van der Waals surface area contributed by atoms with Gasteiger partial charge in [-0.1, -0.05) is 77.0 Å².